The van der Waals surface area contributed by atoms with Gasteiger partial charge in [-0.3, -0.25) is 9.59 Å². The topological polar surface area (TPSA) is 92.4 Å². The monoisotopic (exact) mass is 338 g/mol. The second-order valence-electron chi connectivity index (χ2n) is 5.08. The molecule has 0 unspecified atom stereocenters. The number of phenolic OH excluding ortho intramolecular Hbond substituents is 1. The molecule has 0 radical (unpaired) electrons. The number of primary amides is 1. The summed E-state index contributed by atoms with van der Waals surface area (Å²) in [5, 5.41) is 12.4. The first-order valence-electron chi connectivity index (χ1n) is 7.14. The van der Waals surface area contributed by atoms with E-state index in [0.29, 0.717) is 10.6 Å². The van der Waals surface area contributed by atoms with Crippen LogP contribution in [0, 0.1) is 0 Å². The van der Waals surface area contributed by atoms with E-state index in [2.05, 4.69) is 5.32 Å². The minimum Gasteiger partial charge on any atom is -0.508 e. The van der Waals surface area contributed by atoms with Crippen LogP contribution in [0.4, 0.5) is 5.00 Å². The number of carbonyl (C=O) groups excluding carboxylic acids is 2. The zero-order chi connectivity index (χ0) is 17.1. The molecule has 1 aromatic heterocycles. The molecule has 0 saturated carbocycles. The number of hydrogen-bond donors (Lipinski definition) is 3. The lowest BCUT2D eigenvalue weighted by Crippen LogP contribution is -2.16. The van der Waals surface area contributed by atoms with E-state index >= 15 is 0 Å². The molecule has 24 heavy (non-hydrogen) atoms. The summed E-state index contributed by atoms with van der Waals surface area (Å²) in [6.45, 7) is 0. The van der Waals surface area contributed by atoms with Crippen molar-refractivity contribution in [2.45, 2.75) is 0 Å². The highest BCUT2D eigenvalue weighted by molar-refractivity contribution is 7.20. The van der Waals surface area contributed by atoms with E-state index < -0.39 is 5.91 Å². The lowest BCUT2D eigenvalue weighted by atomic mass is 10.1. The SMILES string of the molecule is NC(=O)c1cc(-c2ccccc2)sc1NC(=O)c1ccc(O)cc1. The van der Waals surface area contributed by atoms with Crippen LogP contribution in [-0.4, -0.2) is 16.9 Å². The van der Waals surface area contributed by atoms with Gasteiger partial charge < -0.3 is 16.2 Å². The molecule has 3 rings (SSSR count). The maximum atomic E-state index is 12.3. The van der Waals surface area contributed by atoms with Crippen molar-refractivity contribution in [1.29, 1.82) is 0 Å². The Morgan fingerprint density at radius 3 is 2.29 bits per heavy atom. The van der Waals surface area contributed by atoms with Gasteiger partial charge >= 0.3 is 0 Å². The van der Waals surface area contributed by atoms with Crippen LogP contribution in [0.2, 0.25) is 0 Å². The molecular formula is C18H14N2O3S. The number of aromatic hydroxyl groups is 1. The first kappa shape index (κ1) is 15.8. The summed E-state index contributed by atoms with van der Waals surface area (Å²) in [4.78, 5) is 24.8. The fourth-order valence-electron chi connectivity index (χ4n) is 2.20. The molecule has 1 heterocycles. The number of carbonyl (C=O) groups is 2. The van der Waals surface area contributed by atoms with E-state index in [1.807, 2.05) is 30.3 Å². The van der Waals surface area contributed by atoms with Gasteiger partial charge in [-0.15, -0.1) is 11.3 Å². The normalized spacial score (nSPS) is 10.3. The Labute approximate surface area is 142 Å². The summed E-state index contributed by atoms with van der Waals surface area (Å²) in [7, 11) is 0. The third-order valence-electron chi connectivity index (χ3n) is 3.41. The van der Waals surface area contributed by atoms with Crippen molar-refractivity contribution < 1.29 is 14.7 Å². The highest BCUT2D eigenvalue weighted by Gasteiger charge is 2.17. The molecule has 0 saturated heterocycles. The van der Waals surface area contributed by atoms with Gasteiger partial charge in [-0.1, -0.05) is 30.3 Å². The summed E-state index contributed by atoms with van der Waals surface area (Å²) >= 11 is 1.28. The van der Waals surface area contributed by atoms with Crippen molar-refractivity contribution in [2.75, 3.05) is 5.32 Å². The molecule has 0 aliphatic carbocycles. The Morgan fingerprint density at radius 1 is 1.00 bits per heavy atom. The molecule has 2 amide bonds. The van der Waals surface area contributed by atoms with Crippen LogP contribution < -0.4 is 11.1 Å². The second-order valence-corrected chi connectivity index (χ2v) is 6.14. The molecule has 4 N–H and O–H groups in total. The Morgan fingerprint density at radius 2 is 1.67 bits per heavy atom. The molecule has 3 aromatic rings. The fraction of sp³-hybridized carbons (Fsp3) is 0. The zero-order valence-electron chi connectivity index (χ0n) is 12.5. The second kappa shape index (κ2) is 6.55. The van der Waals surface area contributed by atoms with E-state index in [9.17, 15) is 14.7 Å². The van der Waals surface area contributed by atoms with Crippen molar-refractivity contribution in [2.24, 2.45) is 5.73 Å². The molecule has 0 bridgehead atoms. The molecule has 5 nitrogen and oxygen atoms in total. The van der Waals surface area contributed by atoms with Gasteiger partial charge in [0.2, 0.25) is 0 Å². The van der Waals surface area contributed by atoms with Gasteiger partial charge in [0.1, 0.15) is 10.8 Å². The largest absolute Gasteiger partial charge is 0.508 e. The molecule has 2 aromatic carbocycles. The summed E-state index contributed by atoms with van der Waals surface area (Å²) in [5.41, 5.74) is 7.01. The zero-order valence-corrected chi connectivity index (χ0v) is 13.3. The molecule has 0 aliphatic heterocycles. The van der Waals surface area contributed by atoms with Gasteiger partial charge in [0.05, 0.1) is 5.56 Å². The minimum absolute atomic E-state index is 0.0758. The number of nitrogens with two attached hydrogens (primary N) is 1. The number of amides is 2. The first-order valence-corrected chi connectivity index (χ1v) is 7.95. The van der Waals surface area contributed by atoms with Crippen LogP contribution in [0.5, 0.6) is 5.75 Å². The predicted octanol–water partition coefficient (Wildman–Crippen LogP) is 3.47. The highest BCUT2D eigenvalue weighted by Crippen LogP contribution is 2.35. The number of thiophene rings is 1. The molecular weight excluding hydrogens is 324 g/mol. The maximum Gasteiger partial charge on any atom is 0.256 e. The first-order chi connectivity index (χ1) is 11.5. The maximum absolute atomic E-state index is 12.3. The summed E-state index contributed by atoms with van der Waals surface area (Å²) in [6, 6.07) is 17.1. The Balaban J connectivity index is 1.92. The fourth-order valence-corrected chi connectivity index (χ4v) is 3.26. The van der Waals surface area contributed by atoms with E-state index in [0.717, 1.165) is 10.4 Å². The Hall–Kier alpha value is -3.12. The lowest BCUT2D eigenvalue weighted by Gasteiger charge is -2.04. The average molecular weight is 338 g/mol. The van der Waals surface area contributed by atoms with Gasteiger partial charge in [-0.2, -0.15) is 0 Å². The van der Waals surface area contributed by atoms with E-state index in [1.165, 1.54) is 35.6 Å². The van der Waals surface area contributed by atoms with E-state index in [-0.39, 0.29) is 17.2 Å². The highest BCUT2D eigenvalue weighted by atomic mass is 32.1. The molecule has 0 aliphatic rings. The standard InChI is InChI=1S/C18H14N2O3S/c19-16(22)14-10-15(11-4-2-1-3-5-11)24-18(14)20-17(23)12-6-8-13(21)9-7-12/h1-10,21H,(H2,19,22)(H,20,23). The number of nitrogens with one attached hydrogen (secondary N) is 1. The van der Waals surface area contributed by atoms with Crippen molar-refractivity contribution in [1.82, 2.24) is 0 Å². The minimum atomic E-state index is -0.602. The van der Waals surface area contributed by atoms with Crippen LogP contribution in [0.25, 0.3) is 10.4 Å². The third kappa shape index (κ3) is 3.28. The Bertz CT molecular complexity index is 886. The number of benzene rings is 2. The van der Waals surface area contributed by atoms with Gasteiger partial charge in [0, 0.05) is 10.4 Å². The van der Waals surface area contributed by atoms with Crippen molar-refractivity contribution >= 4 is 28.2 Å². The van der Waals surface area contributed by atoms with Crippen LogP contribution >= 0.6 is 11.3 Å². The number of rotatable bonds is 4. The number of anilines is 1. The third-order valence-corrected chi connectivity index (χ3v) is 4.51. The summed E-state index contributed by atoms with van der Waals surface area (Å²) < 4.78 is 0. The van der Waals surface area contributed by atoms with Crippen molar-refractivity contribution in [3.63, 3.8) is 0 Å². The quantitative estimate of drug-likeness (QED) is 0.680. The van der Waals surface area contributed by atoms with Crippen molar-refractivity contribution in [3.8, 4) is 16.2 Å². The number of hydrogen-bond acceptors (Lipinski definition) is 4. The number of phenols is 1. The van der Waals surface area contributed by atoms with Crippen LogP contribution in [0.15, 0.2) is 60.7 Å². The van der Waals surface area contributed by atoms with Crippen LogP contribution in [0.1, 0.15) is 20.7 Å². The lowest BCUT2D eigenvalue weighted by molar-refractivity contribution is 0.100. The van der Waals surface area contributed by atoms with Crippen LogP contribution in [0.3, 0.4) is 0 Å². The van der Waals surface area contributed by atoms with E-state index in [1.54, 1.807) is 6.07 Å². The smallest absolute Gasteiger partial charge is 0.256 e. The molecule has 0 spiro atoms. The molecule has 0 atom stereocenters. The summed E-state index contributed by atoms with van der Waals surface area (Å²) in [5.74, 6) is -0.903. The summed E-state index contributed by atoms with van der Waals surface area (Å²) in [6.07, 6.45) is 0. The predicted molar refractivity (Wildman–Crippen MR) is 94.3 cm³/mol. The van der Waals surface area contributed by atoms with E-state index in [4.69, 9.17) is 5.73 Å². The van der Waals surface area contributed by atoms with Gasteiger partial charge in [0.15, 0.2) is 0 Å². The van der Waals surface area contributed by atoms with Gasteiger partial charge in [-0.05, 0) is 35.9 Å². The molecule has 0 fully saturated rings. The van der Waals surface area contributed by atoms with Gasteiger partial charge in [-0.25, -0.2) is 0 Å². The molecule has 120 valence electrons. The van der Waals surface area contributed by atoms with Crippen molar-refractivity contribution in [3.05, 3.63) is 71.8 Å². The van der Waals surface area contributed by atoms with Gasteiger partial charge in [0.25, 0.3) is 11.8 Å². The average Bonchev–Trinajstić information content (AvgIpc) is 3.00. The molecule has 6 heteroatoms. The Kier molecular flexibility index (Phi) is 4.31. The van der Waals surface area contributed by atoms with Crippen LogP contribution in [-0.2, 0) is 0 Å².